The molecule has 1 aliphatic rings. The van der Waals surface area contributed by atoms with Crippen molar-refractivity contribution in [2.45, 2.75) is 0 Å². The third-order valence-electron chi connectivity index (χ3n) is 3.35. The minimum atomic E-state index is -0.519. The number of carbonyl (C=O) groups is 3. The second-order valence-corrected chi connectivity index (χ2v) is 4.97. The van der Waals surface area contributed by atoms with Crippen LogP contribution in [0.25, 0.3) is 6.08 Å². The summed E-state index contributed by atoms with van der Waals surface area (Å²) in [4.78, 5) is 36.1. The molecule has 8 heteroatoms. The molecule has 8 nitrogen and oxygen atoms in total. The quantitative estimate of drug-likeness (QED) is 0.346. The first kappa shape index (κ1) is 18.1. The molecule has 1 saturated heterocycles. The molecule has 0 bridgehead atoms. The van der Waals surface area contributed by atoms with Crippen LogP contribution in [0.4, 0.5) is 4.79 Å². The Hall–Kier alpha value is -3.29. The molecule has 0 saturated carbocycles. The van der Waals surface area contributed by atoms with Gasteiger partial charge in [-0.3, -0.25) is 9.69 Å². The highest BCUT2D eigenvalue weighted by Crippen LogP contribution is 2.29. The summed E-state index contributed by atoms with van der Waals surface area (Å²) in [5, 5.41) is 2.50. The number of nitrogens with zero attached hydrogens (tertiary/aromatic N) is 1. The van der Waals surface area contributed by atoms with Crippen molar-refractivity contribution in [1.29, 1.82) is 0 Å². The number of urea groups is 1. The topological polar surface area (TPSA) is 94.2 Å². The number of benzene rings is 1. The summed E-state index contributed by atoms with van der Waals surface area (Å²) >= 11 is 0. The van der Waals surface area contributed by atoms with E-state index < -0.39 is 17.9 Å². The van der Waals surface area contributed by atoms with Gasteiger partial charge in [-0.15, -0.1) is 6.58 Å². The molecule has 1 aromatic rings. The third-order valence-corrected chi connectivity index (χ3v) is 3.35. The van der Waals surface area contributed by atoms with Crippen LogP contribution in [0.2, 0.25) is 0 Å². The van der Waals surface area contributed by atoms with Gasteiger partial charge < -0.3 is 19.5 Å². The molecule has 3 amide bonds. The lowest BCUT2D eigenvalue weighted by Crippen LogP contribution is -2.30. The largest absolute Gasteiger partial charge is 0.493 e. The molecule has 0 unspecified atom stereocenters. The highest BCUT2D eigenvalue weighted by Gasteiger charge is 2.32. The van der Waals surface area contributed by atoms with E-state index in [4.69, 9.17) is 9.47 Å². The average Bonchev–Trinajstić information content (AvgIpc) is 2.87. The molecule has 25 heavy (non-hydrogen) atoms. The van der Waals surface area contributed by atoms with Crippen molar-refractivity contribution in [3.05, 3.63) is 42.1 Å². The van der Waals surface area contributed by atoms with E-state index in [1.165, 1.54) is 26.4 Å². The minimum Gasteiger partial charge on any atom is -0.493 e. The lowest BCUT2D eigenvalue weighted by molar-refractivity contribution is -0.142. The summed E-state index contributed by atoms with van der Waals surface area (Å²) in [6, 6.07) is 4.38. The molecule has 0 radical (unpaired) electrons. The monoisotopic (exact) mass is 346 g/mol. The van der Waals surface area contributed by atoms with E-state index in [1.807, 2.05) is 0 Å². The fourth-order valence-electron chi connectivity index (χ4n) is 2.12. The summed E-state index contributed by atoms with van der Waals surface area (Å²) < 4.78 is 15.0. The van der Waals surface area contributed by atoms with Gasteiger partial charge in [-0.25, -0.2) is 9.59 Å². The van der Waals surface area contributed by atoms with Gasteiger partial charge in [-0.2, -0.15) is 0 Å². The third kappa shape index (κ3) is 4.17. The number of amides is 3. The number of hydrogen-bond donors (Lipinski definition) is 1. The molecule has 0 atom stereocenters. The fraction of sp³-hybridized carbons (Fsp3) is 0.235. The zero-order valence-electron chi connectivity index (χ0n) is 13.9. The first-order valence-corrected chi connectivity index (χ1v) is 7.33. The van der Waals surface area contributed by atoms with Gasteiger partial charge in [-0.05, 0) is 23.8 Å². The molecule has 1 heterocycles. The van der Waals surface area contributed by atoms with Crippen LogP contribution in [0.3, 0.4) is 0 Å². The second-order valence-electron chi connectivity index (χ2n) is 4.97. The van der Waals surface area contributed by atoms with Crippen molar-refractivity contribution < 1.29 is 28.6 Å². The maximum atomic E-state index is 12.2. The molecule has 0 spiro atoms. The van der Waals surface area contributed by atoms with Crippen LogP contribution in [0.15, 0.2) is 36.6 Å². The van der Waals surface area contributed by atoms with E-state index in [0.29, 0.717) is 17.1 Å². The van der Waals surface area contributed by atoms with Gasteiger partial charge in [0.05, 0.1) is 14.2 Å². The number of ether oxygens (including phenoxy) is 3. The van der Waals surface area contributed by atoms with Crippen molar-refractivity contribution >= 4 is 24.0 Å². The van der Waals surface area contributed by atoms with Crippen molar-refractivity contribution in [3.63, 3.8) is 0 Å². The highest BCUT2D eigenvalue weighted by molar-refractivity contribution is 6.14. The summed E-state index contributed by atoms with van der Waals surface area (Å²) in [6.07, 6.45) is 2.99. The summed E-state index contributed by atoms with van der Waals surface area (Å²) in [7, 11) is 2.71. The van der Waals surface area contributed by atoms with Gasteiger partial charge in [0, 0.05) is 6.54 Å². The molecule has 0 aliphatic carbocycles. The Morgan fingerprint density at radius 3 is 2.68 bits per heavy atom. The van der Waals surface area contributed by atoms with E-state index in [9.17, 15) is 14.4 Å². The molecule has 2 rings (SSSR count). The first-order valence-electron chi connectivity index (χ1n) is 7.33. The number of methoxy groups -OCH3 is 2. The van der Waals surface area contributed by atoms with Crippen molar-refractivity contribution in [2.24, 2.45) is 0 Å². The maximum Gasteiger partial charge on any atom is 0.343 e. The predicted molar refractivity (Wildman–Crippen MR) is 88.9 cm³/mol. The molecule has 0 aromatic heterocycles. The van der Waals surface area contributed by atoms with Gasteiger partial charge in [0.15, 0.2) is 18.1 Å². The van der Waals surface area contributed by atoms with E-state index in [1.54, 1.807) is 18.2 Å². The minimum absolute atomic E-state index is 0.131. The van der Waals surface area contributed by atoms with Crippen molar-refractivity contribution in [1.82, 2.24) is 10.2 Å². The van der Waals surface area contributed by atoms with E-state index in [0.717, 1.165) is 4.90 Å². The number of hydrogen-bond acceptors (Lipinski definition) is 6. The molecular formula is C17H18N2O6. The molecule has 1 aromatic carbocycles. The SMILES string of the molecule is C=CCN1C(=O)N/C(=C/c2ccc(OCC(=O)OC)c(OC)c2)C1=O. The summed E-state index contributed by atoms with van der Waals surface area (Å²) in [5.74, 6) is -0.229. The van der Waals surface area contributed by atoms with Crippen LogP contribution in [-0.2, 0) is 14.3 Å². The van der Waals surface area contributed by atoms with Crippen LogP contribution >= 0.6 is 0 Å². The predicted octanol–water partition coefficient (Wildman–Crippen LogP) is 1.33. The normalized spacial score (nSPS) is 15.1. The Morgan fingerprint density at radius 1 is 1.28 bits per heavy atom. The van der Waals surface area contributed by atoms with Crippen LogP contribution in [0, 0.1) is 0 Å². The number of nitrogens with one attached hydrogen (secondary N) is 1. The number of esters is 1. The molecule has 1 fully saturated rings. The Kier molecular flexibility index (Phi) is 5.78. The van der Waals surface area contributed by atoms with Crippen molar-refractivity contribution in [2.75, 3.05) is 27.4 Å². The Labute approximate surface area is 144 Å². The molecule has 132 valence electrons. The first-order chi connectivity index (χ1) is 12.0. The lowest BCUT2D eigenvalue weighted by Gasteiger charge is -2.10. The van der Waals surface area contributed by atoms with Crippen LogP contribution < -0.4 is 14.8 Å². The average molecular weight is 346 g/mol. The van der Waals surface area contributed by atoms with E-state index in [-0.39, 0.29) is 18.8 Å². The van der Waals surface area contributed by atoms with Gasteiger partial charge in [0.25, 0.3) is 5.91 Å². The fourth-order valence-corrected chi connectivity index (χ4v) is 2.12. The zero-order valence-corrected chi connectivity index (χ0v) is 13.9. The van der Waals surface area contributed by atoms with Crippen molar-refractivity contribution in [3.8, 4) is 11.5 Å². The van der Waals surface area contributed by atoms with Gasteiger partial charge in [0.1, 0.15) is 5.70 Å². The lowest BCUT2D eigenvalue weighted by atomic mass is 10.1. The molecular weight excluding hydrogens is 328 g/mol. The Bertz CT molecular complexity index is 741. The number of imide groups is 1. The van der Waals surface area contributed by atoms with Crippen LogP contribution in [0.1, 0.15) is 5.56 Å². The number of carbonyl (C=O) groups excluding carboxylic acids is 3. The van der Waals surface area contributed by atoms with Crippen LogP contribution in [0.5, 0.6) is 11.5 Å². The molecule has 1 N–H and O–H groups in total. The maximum absolute atomic E-state index is 12.2. The van der Waals surface area contributed by atoms with E-state index >= 15 is 0 Å². The van der Waals surface area contributed by atoms with Gasteiger partial charge in [-0.1, -0.05) is 12.1 Å². The standard InChI is InChI=1S/C17H18N2O6/c1-4-7-19-16(21)12(18-17(19)22)8-11-5-6-13(14(9-11)23-2)25-10-15(20)24-3/h4-6,8-9H,1,7,10H2,2-3H3,(H,18,22)/b12-8+. The summed E-state index contributed by atoms with van der Waals surface area (Å²) in [5.41, 5.74) is 0.767. The second kappa shape index (κ2) is 8.00. The summed E-state index contributed by atoms with van der Waals surface area (Å²) in [6.45, 7) is 3.39. The highest BCUT2D eigenvalue weighted by atomic mass is 16.6. The Balaban J connectivity index is 2.20. The Morgan fingerprint density at radius 2 is 2.04 bits per heavy atom. The van der Waals surface area contributed by atoms with Gasteiger partial charge >= 0.3 is 12.0 Å². The van der Waals surface area contributed by atoms with Gasteiger partial charge in [0.2, 0.25) is 0 Å². The van der Waals surface area contributed by atoms with Crippen LogP contribution in [-0.4, -0.2) is 50.2 Å². The molecule has 1 aliphatic heterocycles. The zero-order chi connectivity index (χ0) is 18.4. The number of rotatable bonds is 7. The van der Waals surface area contributed by atoms with E-state index in [2.05, 4.69) is 16.6 Å². The smallest absolute Gasteiger partial charge is 0.343 e.